The van der Waals surface area contributed by atoms with Crippen molar-refractivity contribution in [1.82, 2.24) is 4.90 Å². The second-order valence-electron chi connectivity index (χ2n) is 8.38. The molecule has 1 fully saturated rings. The summed E-state index contributed by atoms with van der Waals surface area (Å²) in [6.45, 7) is 14.1. The van der Waals surface area contributed by atoms with Gasteiger partial charge in [0.15, 0.2) is 0 Å². The number of rotatable bonds is 5. The SMILES string of the molecule is CC(CN(C(=O)C1CC1)C(C)(C)C)C(C)(C)c1ccccc1. The molecule has 1 amide bonds. The largest absolute Gasteiger partial charge is 0.337 e. The maximum atomic E-state index is 12.7. The number of carbonyl (C=O) groups is 1. The zero-order chi connectivity index (χ0) is 16.5. The molecule has 1 aliphatic rings. The number of hydrogen-bond donors (Lipinski definition) is 0. The Hall–Kier alpha value is -1.31. The van der Waals surface area contributed by atoms with E-state index in [1.165, 1.54) is 5.56 Å². The van der Waals surface area contributed by atoms with Crippen LogP contribution in [0.5, 0.6) is 0 Å². The van der Waals surface area contributed by atoms with Crippen LogP contribution in [-0.4, -0.2) is 22.9 Å². The second kappa shape index (κ2) is 6.06. The van der Waals surface area contributed by atoms with Crippen molar-refractivity contribution in [3.8, 4) is 0 Å². The first kappa shape index (κ1) is 17.1. The molecule has 0 spiro atoms. The monoisotopic (exact) mass is 301 g/mol. The Bertz CT molecular complexity index is 508. The van der Waals surface area contributed by atoms with Crippen LogP contribution in [0, 0.1) is 11.8 Å². The summed E-state index contributed by atoms with van der Waals surface area (Å²) in [6.07, 6.45) is 2.14. The van der Waals surface area contributed by atoms with Gasteiger partial charge in [0, 0.05) is 18.0 Å². The Balaban J connectivity index is 2.16. The molecule has 0 N–H and O–H groups in total. The molecular weight excluding hydrogens is 270 g/mol. The molecule has 0 radical (unpaired) electrons. The second-order valence-corrected chi connectivity index (χ2v) is 8.38. The minimum absolute atomic E-state index is 0.0502. The Labute approximate surface area is 135 Å². The topological polar surface area (TPSA) is 20.3 Å². The maximum absolute atomic E-state index is 12.7. The van der Waals surface area contributed by atoms with Crippen LogP contribution in [0.1, 0.15) is 59.9 Å². The Morgan fingerprint density at radius 2 is 1.68 bits per heavy atom. The van der Waals surface area contributed by atoms with E-state index in [1.807, 2.05) is 0 Å². The lowest BCUT2D eigenvalue weighted by Crippen LogP contribution is -2.50. The minimum Gasteiger partial charge on any atom is -0.337 e. The van der Waals surface area contributed by atoms with E-state index in [1.54, 1.807) is 0 Å². The third-order valence-electron chi connectivity index (χ3n) is 5.21. The lowest BCUT2D eigenvalue weighted by molar-refractivity contribution is -0.138. The smallest absolute Gasteiger partial charge is 0.226 e. The van der Waals surface area contributed by atoms with Crippen LogP contribution in [-0.2, 0) is 10.2 Å². The quantitative estimate of drug-likeness (QED) is 0.776. The van der Waals surface area contributed by atoms with Crippen LogP contribution >= 0.6 is 0 Å². The number of nitrogens with zero attached hydrogens (tertiary/aromatic N) is 1. The molecule has 2 heteroatoms. The standard InChI is InChI=1S/C20H31NO/c1-15(20(5,6)17-10-8-7-9-11-17)14-21(19(2,3)4)18(22)16-12-13-16/h7-11,15-16H,12-14H2,1-6H3. The Morgan fingerprint density at radius 1 is 1.14 bits per heavy atom. The number of carbonyl (C=O) groups excluding carboxylic acids is 1. The van der Waals surface area contributed by atoms with Gasteiger partial charge in [-0.1, -0.05) is 51.1 Å². The van der Waals surface area contributed by atoms with Crippen molar-refractivity contribution in [3.05, 3.63) is 35.9 Å². The van der Waals surface area contributed by atoms with Gasteiger partial charge in [0.2, 0.25) is 5.91 Å². The normalized spacial score (nSPS) is 17.2. The predicted octanol–water partition coefficient (Wildman–Crippen LogP) is 4.64. The van der Waals surface area contributed by atoms with E-state index < -0.39 is 0 Å². The van der Waals surface area contributed by atoms with Crippen molar-refractivity contribution < 1.29 is 4.79 Å². The van der Waals surface area contributed by atoms with E-state index in [9.17, 15) is 4.79 Å². The summed E-state index contributed by atoms with van der Waals surface area (Å²) in [4.78, 5) is 14.8. The fraction of sp³-hybridized carbons (Fsp3) is 0.650. The van der Waals surface area contributed by atoms with E-state index in [0.29, 0.717) is 11.8 Å². The molecule has 0 aromatic heterocycles. The van der Waals surface area contributed by atoms with Crippen molar-refractivity contribution in [1.29, 1.82) is 0 Å². The Morgan fingerprint density at radius 3 is 2.14 bits per heavy atom. The molecule has 22 heavy (non-hydrogen) atoms. The summed E-state index contributed by atoms with van der Waals surface area (Å²) in [7, 11) is 0. The molecule has 1 aromatic carbocycles. The predicted molar refractivity (Wildman–Crippen MR) is 92.8 cm³/mol. The van der Waals surface area contributed by atoms with Gasteiger partial charge in [-0.05, 0) is 50.5 Å². The molecule has 0 aliphatic heterocycles. The maximum Gasteiger partial charge on any atom is 0.226 e. The summed E-state index contributed by atoms with van der Waals surface area (Å²) in [5.74, 6) is 1.03. The number of benzene rings is 1. The zero-order valence-corrected chi connectivity index (χ0v) is 15.0. The average molecular weight is 301 g/mol. The lowest BCUT2D eigenvalue weighted by Gasteiger charge is -2.42. The van der Waals surface area contributed by atoms with Crippen LogP contribution in [0.3, 0.4) is 0 Å². The molecule has 122 valence electrons. The fourth-order valence-electron chi connectivity index (χ4n) is 2.90. The van der Waals surface area contributed by atoms with E-state index >= 15 is 0 Å². The highest BCUT2D eigenvalue weighted by atomic mass is 16.2. The van der Waals surface area contributed by atoms with Gasteiger partial charge in [-0.15, -0.1) is 0 Å². The summed E-state index contributed by atoms with van der Waals surface area (Å²) in [6, 6.07) is 10.6. The average Bonchev–Trinajstić information content (AvgIpc) is 3.28. The van der Waals surface area contributed by atoms with Crippen molar-refractivity contribution in [2.75, 3.05) is 6.54 Å². The van der Waals surface area contributed by atoms with Gasteiger partial charge < -0.3 is 4.90 Å². The molecule has 0 saturated heterocycles. The summed E-state index contributed by atoms with van der Waals surface area (Å²) in [5, 5.41) is 0. The van der Waals surface area contributed by atoms with Crippen molar-refractivity contribution in [2.45, 2.75) is 65.3 Å². The molecule has 1 saturated carbocycles. The number of hydrogen-bond acceptors (Lipinski definition) is 1. The lowest BCUT2D eigenvalue weighted by atomic mass is 9.73. The van der Waals surface area contributed by atoms with E-state index in [-0.39, 0.29) is 16.9 Å². The van der Waals surface area contributed by atoms with Crippen molar-refractivity contribution in [2.24, 2.45) is 11.8 Å². The molecular formula is C20H31NO. The summed E-state index contributed by atoms with van der Waals surface area (Å²) in [5.41, 5.74) is 1.28. The van der Waals surface area contributed by atoms with Gasteiger partial charge in [-0.25, -0.2) is 0 Å². The van der Waals surface area contributed by atoms with Crippen molar-refractivity contribution in [3.63, 3.8) is 0 Å². The first-order valence-electron chi connectivity index (χ1n) is 8.51. The molecule has 1 atom stereocenters. The Kier molecular flexibility index (Phi) is 4.70. The van der Waals surface area contributed by atoms with Crippen LogP contribution in [0.15, 0.2) is 30.3 Å². The van der Waals surface area contributed by atoms with Crippen LogP contribution in [0.4, 0.5) is 0 Å². The van der Waals surface area contributed by atoms with Gasteiger partial charge >= 0.3 is 0 Å². The molecule has 1 unspecified atom stereocenters. The summed E-state index contributed by atoms with van der Waals surface area (Å²) < 4.78 is 0. The van der Waals surface area contributed by atoms with Gasteiger partial charge in [0.25, 0.3) is 0 Å². The molecule has 0 heterocycles. The van der Waals surface area contributed by atoms with Crippen LogP contribution in [0.2, 0.25) is 0 Å². The third kappa shape index (κ3) is 3.71. The van der Waals surface area contributed by atoms with Gasteiger partial charge in [-0.2, -0.15) is 0 Å². The molecule has 1 aliphatic carbocycles. The first-order chi connectivity index (χ1) is 10.1. The first-order valence-corrected chi connectivity index (χ1v) is 8.51. The van der Waals surface area contributed by atoms with E-state index in [2.05, 4.69) is 76.8 Å². The van der Waals surface area contributed by atoms with E-state index in [4.69, 9.17) is 0 Å². The molecule has 0 bridgehead atoms. The highest BCUT2D eigenvalue weighted by molar-refractivity contribution is 5.81. The summed E-state index contributed by atoms with van der Waals surface area (Å²) >= 11 is 0. The molecule has 2 rings (SSSR count). The van der Waals surface area contributed by atoms with Crippen LogP contribution < -0.4 is 0 Å². The zero-order valence-electron chi connectivity index (χ0n) is 15.0. The van der Waals surface area contributed by atoms with Crippen LogP contribution in [0.25, 0.3) is 0 Å². The van der Waals surface area contributed by atoms with Crippen molar-refractivity contribution >= 4 is 5.91 Å². The number of amides is 1. The highest BCUT2D eigenvalue weighted by Gasteiger charge is 2.40. The van der Waals surface area contributed by atoms with E-state index in [0.717, 1.165) is 19.4 Å². The van der Waals surface area contributed by atoms with Gasteiger partial charge in [0.1, 0.15) is 0 Å². The molecule has 2 nitrogen and oxygen atoms in total. The highest BCUT2D eigenvalue weighted by Crippen LogP contribution is 2.37. The molecule has 1 aromatic rings. The fourth-order valence-corrected chi connectivity index (χ4v) is 2.90. The van der Waals surface area contributed by atoms with Gasteiger partial charge in [-0.3, -0.25) is 4.79 Å². The minimum atomic E-state index is -0.110. The van der Waals surface area contributed by atoms with Gasteiger partial charge in [0.05, 0.1) is 0 Å². The third-order valence-corrected chi connectivity index (χ3v) is 5.21.